The Hall–Kier alpha value is -4.67. The van der Waals surface area contributed by atoms with Crippen molar-refractivity contribution in [3.8, 4) is 0 Å². The number of azide groups is 1. The number of aromatic amines is 1. The minimum Gasteiger partial charge on any atom is -0.461 e. The van der Waals surface area contributed by atoms with E-state index in [4.69, 9.17) is 15.0 Å². The third kappa shape index (κ3) is 15.9. The minimum absolute atomic E-state index is 0.149. The molecule has 1 fully saturated rings. The molecule has 12 heteroatoms. The average molecular weight is 677 g/mol. The van der Waals surface area contributed by atoms with Gasteiger partial charge >= 0.3 is 11.7 Å². The lowest BCUT2D eigenvalue weighted by Gasteiger charge is -2.22. The molecule has 0 aromatic carbocycles. The molecule has 49 heavy (non-hydrogen) atoms. The minimum atomic E-state index is -0.877. The second-order valence-corrected chi connectivity index (χ2v) is 12.0. The lowest BCUT2D eigenvalue weighted by Crippen LogP contribution is -2.46. The number of hydrogen-bond donors (Lipinski definition) is 2. The number of amides is 1. The molecule has 12 nitrogen and oxygen atoms in total. The fourth-order valence-electron chi connectivity index (χ4n) is 4.88. The first kappa shape index (κ1) is 40.5. The molecule has 2 rings (SSSR count). The quantitative estimate of drug-likeness (QED) is 0.0468. The van der Waals surface area contributed by atoms with Crippen molar-refractivity contribution >= 4 is 11.9 Å². The van der Waals surface area contributed by atoms with Crippen LogP contribution in [0.5, 0.6) is 0 Å². The summed E-state index contributed by atoms with van der Waals surface area (Å²) in [6, 6.07) is -1.59. The van der Waals surface area contributed by atoms with Crippen LogP contribution in [0.15, 0.2) is 93.8 Å². The summed E-state index contributed by atoms with van der Waals surface area (Å²) in [6.07, 6.45) is 31.7. The van der Waals surface area contributed by atoms with Crippen molar-refractivity contribution in [2.45, 2.75) is 110 Å². The maximum absolute atomic E-state index is 13.0. The van der Waals surface area contributed by atoms with Gasteiger partial charge in [-0.05, 0) is 63.3 Å². The molecule has 1 aliphatic heterocycles. The van der Waals surface area contributed by atoms with E-state index in [2.05, 4.69) is 88.0 Å². The maximum atomic E-state index is 13.0. The van der Waals surface area contributed by atoms with Gasteiger partial charge in [-0.25, -0.2) is 9.59 Å². The van der Waals surface area contributed by atoms with Crippen molar-refractivity contribution in [3.63, 3.8) is 0 Å². The van der Waals surface area contributed by atoms with Gasteiger partial charge in [-0.1, -0.05) is 98.8 Å². The summed E-state index contributed by atoms with van der Waals surface area (Å²) in [5.41, 5.74) is 8.16. The van der Waals surface area contributed by atoms with Gasteiger partial charge < -0.3 is 14.8 Å². The number of nitrogens with zero attached hydrogens (tertiary/aromatic N) is 4. The molecule has 0 saturated carbocycles. The monoisotopic (exact) mass is 676 g/mol. The van der Waals surface area contributed by atoms with Crippen LogP contribution < -0.4 is 16.6 Å². The molecule has 1 amide bonds. The fourth-order valence-corrected chi connectivity index (χ4v) is 4.88. The Balaban J connectivity index is 1.70. The lowest BCUT2D eigenvalue weighted by atomic mass is 10.0. The number of hydrogen-bond acceptors (Lipinski definition) is 7. The van der Waals surface area contributed by atoms with Crippen LogP contribution in [-0.2, 0) is 19.1 Å². The van der Waals surface area contributed by atoms with Gasteiger partial charge in [0.1, 0.15) is 25.0 Å². The zero-order valence-corrected chi connectivity index (χ0v) is 29.2. The van der Waals surface area contributed by atoms with Crippen LogP contribution in [0.25, 0.3) is 10.4 Å². The van der Waals surface area contributed by atoms with Crippen LogP contribution in [-0.4, -0.2) is 46.2 Å². The molecule has 0 spiro atoms. The van der Waals surface area contributed by atoms with E-state index in [1.54, 1.807) is 20.8 Å². The predicted octanol–water partition coefficient (Wildman–Crippen LogP) is 6.97. The largest absolute Gasteiger partial charge is 0.461 e. The van der Waals surface area contributed by atoms with Crippen LogP contribution >= 0.6 is 0 Å². The highest BCUT2D eigenvalue weighted by molar-refractivity contribution is 5.84. The van der Waals surface area contributed by atoms with E-state index in [0.29, 0.717) is 12.0 Å². The summed E-state index contributed by atoms with van der Waals surface area (Å²) >= 11 is 0. The molecule has 1 aliphatic rings. The Labute approximate surface area is 289 Å². The van der Waals surface area contributed by atoms with Gasteiger partial charge in [0.15, 0.2) is 0 Å². The SMILES string of the molecule is CC/C=C\C/C=C\C/C=C\C/C=C\C/C=C\C/C=C\CCC(=O)N[C@H](C(=O)OC[C@H]1O[C@H](n2cc(C)c(=O)[nH]c2=O)C[C@@H]1N=[N+]=[N-])C(C)C. The average Bonchev–Trinajstić information content (AvgIpc) is 3.47. The third-order valence-corrected chi connectivity index (χ3v) is 7.62. The zero-order valence-electron chi connectivity index (χ0n) is 29.2. The molecule has 0 bridgehead atoms. The number of aryl methyl sites for hydroxylation is 1. The smallest absolute Gasteiger partial charge is 0.330 e. The molecular weight excluding hydrogens is 624 g/mol. The topological polar surface area (TPSA) is 168 Å². The number of aromatic nitrogens is 2. The van der Waals surface area contributed by atoms with Crippen molar-refractivity contribution in [2.24, 2.45) is 11.0 Å². The fraction of sp³-hybridized carbons (Fsp3) is 0.514. The van der Waals surface area contributed by atoms with Crippen LogP contribution in [0.3, 0.4) is 0 Å². The maximum Gasteiger partial charge on any atom is 0.330 e. The van der Waals surface area contributed by atoms with Crippen molar-refractivity contribution in [2.75, 3.05) is 6.61 Å². The molecule has 0 radical (unpaired) electrons. The van der Waals surface area contributed by atoms with Gasteiger partial charge in [-0.3, -0.25) is 19.1 Å². The number of carbonyl (C=O) groups is 2. The molecule has 1 aromatic rings. The van der Waals surface area contributed by atoms with Crippen LogP contribution in [0.4, 0.5) is 0 Å². The number of H-pyrrole nitrogens is 1. The lowest BCUT2D eigenvalue weighted by molar-refractivity contribution is -0.153. The second kappa shape index (κ2) is 23.6. The van der Waals surface area contributed by atoms with Crippen molar-refractivity contribution < 1.29 is 19.1 Å². The summed E-state index contributed by atoms with van der Waals surface area (Å²) in [6.45, 7) is 7.04. The molecule has 2 heterocycles. The summed E-state index contributed by atoms with van der Waals surface area (Å²) in [4.78, 5) is 54.7. The van der Waals surface area contributed by atoms with Crippen LogP contribution in [0.2, 0.25) is 0 Å². The van der Waals surface area contributed by atoms with Gasteiger partial charge in [-0.2, -0.15) is 0 Å². The van der Waals surface area contributed by atoms with Crippen molar-refractivity contribution in [1.82, 2.24) is 14.9 Å². The number of nitrogens with one attached hydrogen (secondary N) is 2. The molecule has 0 aliphatic carbocycles. The number of ether oxygens (including phenoxy) is 2. The molecule has 266 valence electrons. The molecule has 1 saturated heterocycles. The van der Waals surface area contributed by atoms with Gasteiger partial charge in [0.2, 0.25) is 5.91 Å². The Kier molecular flexibility index (Phi) is 19.5. The van der Waals surface area contributed by atoms with E-state index in [9.17, 15) is 19.2 Å². The predicted molar refractivity (Wildman–Crippen MR) is 193 cm³/mol. The number of allylic oxidation sites excluding steroid dienone is 12. The highest BCUT2D eigenvalue weighted by Crippen LogP contribution is 2.30. The van der Waals surface area contributed by atoms with E-state index >= 15 is 0 Å². The van der Waals surface area contributed by atoms with Gasteiger partial charge in [0, 0.05) is 29.5 Å². The first-order valence-corrected chi connectivity index (χ1v) is 17.1. The number of esters is 1. The Morgan fingerprint density at radius 2 is 1.55 bits per heavy atom. The highest BCUT2D eigenvalue weighted by atomic mass is 16.6. The molecule has 0 unspecified atom stereocenters. The van der Waals surface area contributed by atoms with Crippen LogP contribution in [0.1, 0.15) is 90.3 Å². The van der Waals surface area contributed by atoms with Gasteiger partial charge in [0.25, 0.3) is 5.56 Å². The van der Waals surface area contributed by atoms with E-state index in [-0.39, 0.29) is 31.3 Å². The van der Waals surface area contributed by atoms with Gasteiger partial charge in [-0.15, -0.1) is 0 Å². The second-order valence-electron chi connectivity index (χ2n) is 12.0. The van der Waals surface area contributed by atoms with Crippen molar-refractivity contribution in [3.05, 3.63) is 116 Å². The Morgan fingerprint density at radius 1 is 1.00 bits per heavy atom. The molecule has 1 aromatic heterocycles. The number of carbonyl (C=O) groups excluding carboxylic acids is 2. The van der Waals surface area contributed by atoms with Gasteiger partial charge in [0.05, 0.1) is 6.04 Å². The number of rotatable bonds is 21. The summed E-state index contributed by atoms with van der Waals surface area (Å²) in [5, 5.41) is 6.50. The normalized spacial score (nSPS) is 18.9. The van der Waals surface area contributed by atoms with E-state index in [0.717, 1.165) is 38.5 Å². The highest BCUT2D eigenvalue weighted by Gasteiger charge is 2.38. The molecule has 2 N–H and O–H groups in total. The van der Waals surface area contributed by atoms with E-state index in [1.807, 2.05) is 12.2 Å². The standard InChI is InChI=1S/C37H52N6O6/c1-5-6-7-8-9-10-11-12-13-14-15-16-17-18-19-20-21-22-23-24-32(44)39-34(28(2)3)36(46)48-27-31-30(41-42-38)25-33(49-31)43-26-29(4)35(45)40-37(43)47/h6-7,9-10,12-13,15-16,18-19,21-22,26,28,30-31,33-34H,5,8,11,14,17,20,23-25,27H2,1-4H3,(H,39,44)(H,40,45,47)/b7-6-,10-9-,13-12-,16-15-,19-18-,22-21-/t30-,31+,33-,34-/m0/s1. The third-order valence-electron chi connectivity index (χ3n) is 7.62. The first-order chi connectivity index (χ1) is 23.7. The molecular formula is C37H52N6O6. The summed E-state index contributed by atoms with van der Waals surface area (Å²) < 4.78 is 12.6. The molecule has 4 atom stereocenters. The van der Waals surface area contributed by atoms with E-state index in [1.165, 1.54) is 10.8 Å². The first-order valence-electron chi connectivity index (χ1n) is 17.1. The van der Waals surface area contributed by atoms with E-state index < -0.39 is 41.6 Å². The van der Waals surface area contributed by atoms with Crippen LogP contribution in [0, 0.1) is 12.8 Å². The zero-order chi connectivity index (χ0) is 35.9. The Morgan fingerprint density at radius 3 is 2.08 bits per heavy atom. The van der Waals surface area contributed by atoms with Crippen molar-refractivity contribution in [1.29, 1.82) is 0 Å². The Bertz CT molecular complexity index is 1530. The summed E-state index contributed by atoms with van der Waals surface area (Å²) in [5.74, 6) is -1.15. The summed E-state index contributed by atoms with van der Waals surface area (Å²) in [7, 11) is 0.